The van der Waals surface area contributed by atoms with E-state index < -0.39 is 11.8 Å². The first-order valence-corrected chi connectivity index (χ1v) is 6.18. The number of hydrogen-bond acceptors (Lipinski definition) is 3. The standard InChI is InChI=1S/C11H7BrFNO2S/c12-5-2-1-3-6(13)9(5)8-4-7(14)10(17-8)11(15)16/h1-4H,14H2,(H,15,16). The molecule has 0 spiro atoms. The van der Waals surface area contributed by atoms with E-state index in [4.69, 9.17) is 10.8 Å². The highest BCUT2D eigenvalue weighted by molar-refractivity contribution is 9.10. The molecule has 3 N–H and O–H groups in total. The van der Waals surface area contributed by atoms with E-state index in [0.29, 0.717) is 14.9 Å². The zero-order valence-corrected chi connectivity index (χ0v) is 10.8. The van der Waals surface area contributed by atoms with Gasteiger partial charge in [0.1, 0.15) is 10.7 Å². The van der Waals surface area contributed by atoms with Crippen molar-refractivity contribution in [1.29, 1.82) is 0 Å². The fraction of sp³-hybridized carbons (Fsp3) is 0. The third-order valence-corrected chi connectivity index (χ3v) is 3.98. The van der Waals surface area contributed by atoms with Gasteiger partial charge in [-0.25, -0.2) is 9.18 Å². The van der Waals surface area contributed by atoms with Crippen LogP contribution in [-0.2, 0) is 0 Å². The number of carboxylic acids is 1. The van der Waals surface area contributed by atoms with E-state index in [1.54, 1.807) is 12.1 Å². The van der Waals surface area contributed by atoms with Crippen LogP contribution in [0.5, 0.6) is 0 Å². The summed E-state index contributed by atoms with van der Waals surface area (Å²) in [5.74, 6) is -1.52. The molecule has 2 rings (SSSR count). The molecule has 0 aliphatic carbocycles. The maximum absolute atomic E-state index is 13.7. The normalized spacial score (nSPS) is 10.5. The first-order valence-electron chi connectivity index (χ1n) is 4.57. The summed E-state index contributed by atoms with van der Waals surface area (Å²) in [4.78, 5) is 11.4. The van der Waals surface area contributed by atoms with Gasteiger partial charge in [-0.15, -0.1) is 11.3 Å². The Bertz CT molecular complexity index is 577. The second kappa shape index (κ2) is 4.46. The van der Waals surface area contributed by atoms with Crippen LogP contribution >= 0.6 is 27.3 Å². The van der Waals surface area contributed by atoms with E-state index in [2.05, 4.69) is 15.9 Å². The number of nitrogen functional groups attached to an aromatic ring is 1. The molecule has 6 heteroatoms. The first kappa shape index (κ1) is 12.1. The molecule has 88 valence electrons. The number of halogens is 2. The van der Waals surface area contributed by atoms with Gasteiger partial charge in [-0.3, -0.25) is 0 Å². The minimum Gasteiger partial charge on any atom is -0.477 e. The largest absolute Gasteiger partial charge is 0.477 e. The predicted octanol–water partition coefficient (Wildman–Crippen LogP) is 3.60. The molecule has 1 heterocycles. The quantitative estimate of drug-likeness (QED) is 0.890. The highest BCUT2D eigenvalue weighted by Gasteiger charge is 2.17. The lowest BCUT2D eigenvalue weighted by molar-refractivity contribution is 0.0703. The Morgan fingerprint density at radius 3 is 2.71 bits per heavy atom. The SMILES string of the molecule is Nc1cc(-c2c(F)cccc2Br)sc1C(=O)O. The zero-order chi connectivity index (χ0) is 12.6. The third kappa shape index (κ3) is 2.18. The number of rotatable bonds is 2. The van der Waals surface area contributed by atoms with Gasteiger partial charge < -0.3 is 10.8 Å². The van der Waals surface area contributed by atoms with Crippen LogP contribution in [0.4, 0.5) is 10.1 Å². The average Bonchev–Trinajstić information content (AvgIpc) is 2.60. The lowest BCUT2D eigenvalue weighted by atomic mass is 10.2. The molecule has 0 amide bonds. The van der Waals surface area contributed by atoms with Crippen LogP contribution in [0, 0.1) is 5.82 Å². The lowest BCUT2D eigenvalue weighted by Crippen LogP contribution is -1.96. The number of thiophene rings is 1. The molecular weight excluding hydrogens is 309 g/mol. The topological polar surface area (TPSA) is 63.3 Å². The number of nitrogens with two attached hydrogens (primary N) is 1. The van der Waals surface area contributed by atoms with E-state index in [-0.39, 0.29) is 10.6 Å². The van der Waals surface area contributed by atoms with Gasteiger partial charge in [-0.05, 0) is 18.2 Å². The summed E-state index contributed by atoms with van der Waals surface area (Å²) in [5.41, 5.74) is 6.05. The molecule has 2 aromatic rings. The Morgan fingerprint density at radius 1 is 1.47 bits per heavy atom. The summed E-state index contributed by atoms with van der Waals surface area (Å²) in [6.07, 6.45) is 0. The molecule has 0 radical (unpaired) electrons. The number of carboxylic acid groups (broad SMARTS) is 1. The molecular formula is C11H7BrFNO2S. The van der Waals surface area contributed by atoms with Crippen molar-refractivity contribution in [2.45, 2.75) is 0 Å². The molecule has 17 heavy (non-hydrogen) atoms. The van der Waals surface area contributed by atoms with E-state index in [9.17, 15) is 9.18 Å². The maximum Gasteiger partial charge on any atom is 0.348 e. The fourth-order valence-electron chi connectivity index (χ4n) is 1.43. The molecule has 0 saturated carbocycles. The molecule has 0 bridgehead atoms. The Hall–Kier alpha value is -1.40. The minimum absolute atomic E-state index is 0.0233. The average molecular weight is 316 g/mol. The van der Waals surface area contributed by atoms with Gasteiger partial charge in [0.15, 0.2) is 0 Å². The molecule has 1 aromatic carbocycles. The molecule has 1 aromatic heterocycles. The molecule has 3 nitrogen and oxygen atoms in total. The summed E-state index contributed by atoms with van der Waals surface area (Å²) < 4.78 is 14.2. The molecule has 0 aliphatic heterocycles. The number of benzene rings is 1. The van der Waals surface area contributed by atoms with Gasteiger partial charge >= 0.3 is 5.97 Å². The van der Waals surface area contributed by atoms with Crippen molar-refractivity contribution in [1.82, 2.24) is 0 Å². The molecule has 0 atom stereocenters. The van der Waals surface area contributed by atoms with Crippen LogP contribution in [0.1, 0.15) is 9.67 Å². The van der Waals surface area contributed by atoms with Gasteiger partial charge in [0.2, 0.25) is 0 Å². The Labute approximate surface area is 109 Å². The van der Waals surface area contributed by atoms with Gasteiger partial charge in [0, 0.05) is 14.9 Å². The number of aromatic carboxylic acids is 1. The van der Waals surface area contributed by atoms with E-state index in [1.165, 1.54) is 12.1 Å². The van der Waals surface area contributed by atoms with Crippen molar-refractivity contribution < 1.29 is 14.3 Å². The van der Waals surface area contributed by atoms with Crippen molar-refractivity contribution in [3.05, 3.63) is 39.4 Å². The Balaban J connectivity index is 2.62. The molecule has 0 saturated heterocycles. The highest BCUT2D eigenvalue weighted by atomic mass is 79.9. The predicted molar refractivity (Wildman–Crippen MR) is 68.8 cm³/mol. The van der Waals surface area contributed by atoms with E-state index in [1.807, 2.05) is 0 Å². The number of anilines is 1. The maximum atomic E-state index is 13.7. The highest BCUT2D eigenvalue weighted by Crippen LogP contribution is 2.38. The van der Waals surface area contributed by atoms with Crippen LogP contribution in [0.2, 0.25) is 0 Å². The summed E-state index contributed by atoms with van der Waals surface area (Å²) in [6.45, 7) is 0. The third-order valence-electron chi connectivity index (χ3n) is 2.16. The van der Waals surface area contributed by atoms with E-state index in [0.717, 1.165) is 11.3 Å². The van der Waals surface area contributed by atoms with Crippen molar-refractivity contribution in [3.8, 4) is 10.4 Å². The van der Waals surface area contributed by atoms with Gasteiger partial charge in [-0.1, -0.05) is 22.0 Å². The number of carbonyl (C=O) groups is 1. The summed E-state index contributed by atoms with van der Waals surface area (Å²) >= 11 is 4.19. The monoisotopic (exact) mass is 315 g/mol. The van der Waals surface area contributed by atoms with Gasteiger partial charge in [-0.2, -0.15) is 0 Å². The smallest absolute Gasteiger partial charge is 0.348 e. The van der Waals surface area contributed by atoms with Crippen LogP contribution in [0.25, 0.3) is 10.4 Å². The molecule has 0 fully saturated rings. The van der Waals surface area contributed by atoms with Crippen LogP contribution in [-0.4, -0.2) is 11.1 Å². The first-order chi connectivity index (χ1) is 8.00. The molecule has 0 unspecified atom stereocenters. The zero-order valence-electron chi connectivity index (χ0n) is 8.41. The lowest BCUT2D eigenvalue weighted by Gasteiger charge is -2.02. The summed E-state index contributed by atoms with van der Waals surface area (Å²) in [5, 5.41) is 8.89. The summed E-state index contributed by atoms with van der Waals surface area (Å²) in [6, 6.07) is 6.04. The minimum atomic E-state index is -1.11. The van der Waals surface area contributed by atoms with Crippen LogP contribution in [0.15, 0.2) is 28.7 Å². The van der Waals surface area contributed by atoms with E-state index >= 15 is 0 Å². The van der Waals surface area contributed by atoms with Gasteiger partial charge in [0.25, 0.3) is 0 Å². The van der Waals surface area contributed by atoms with Gasteiger partial charge in [0.05, 0.1) is 5.69 Å². The number of hydrogen-bond donors (Lipinski definition) is 2. The molecule has 0 aliphatic rings. The Morgan fingerprint density at radius 2 is 2.18 bits per heavy atom. The van der Waals surface area contributed by atoms with Crippen molar-refractivity contribution in [2.24, 2.45) is 0 Å². The van der Waals surface area contributed by atoms with Crippen molar-refractivity contribution in [2.75, 3.05) is 5.73 Å². The second-order valence-electron chi connectivity index (χ2n) is 3.30. The summed E-state index contributed by atoms with van der Waals surface area (Å²) in [7, 11) is 0. The van der Waals surface area contributed by atoms with Crippen molar-refractivity contribution >= 4 is 38.9 Å². The Kier molecular flexibility index (Phi) is 3.17. The second-order valence-corrected chi connectivity index (χ2v) is 5.20. The van der Waals surface area contributed by atoms with Crippen LogP contribution < -0.4 is 5.73 Å². The van der Waals surface area contributed by atoms with Crippen molar-refractivity contribution in [3.63, 3.8) is 0 Å². The fourth-order valence-corrected chi connectivity index (χ4v) is 3.09. The van der Waals surface area contributed by atoms with Crippen LogP contribution in [0.3, 0.4) is 0 Å².